The number of amides is 1. The third kappa shape index (κ3) is 5.58. The lowest BCUT2D eigenvalue weighted by Gasteiger charge is -2.14. The molecule has 0 bridgehead atoms. The predicted octanol–water partition coefficient (Wildman–Crippen LogP) is 4.84. The van der Waals surface area contributed by atoms with Gasteiger partial charge in [-0.3, -0.25) is 4.79 Å². The predicted molar refractivity (Wildman–Crippen MR) is 108 cm³/mol. The third-order valence-corrected chi connectivity index (χ3v) is 5.24. The molecule has 1 amide bonds. The number of carbonyl (C=O) groups is 1. The molecule has 27 heavy (non-hydrogen) atoms. The Bertz CT molecular complexity index is 894. The molecule has 0 aliphatic carbocycles. The molecule has 1 heterocycles. The molecule has 0 atom stereocenters. The van der Waals surface area contributed by atoms with Gasteiger partial charge in [0.2, 0.25) is 17.6 Å². The number of aryl methyl sites for hydroxylation is 1. The highest BCUT2D eigenvalue weighted by Gasteiger charge is 2.14. The number of benzene rings is 2. The van der Waals surface area contributed by atoms with Gasteiger partial charge in [-0.1, -0.05) is 34.5 Å². The van der Waals surface area contributed by atoms with Crippen LogP contribution in [-0.4, -0.2) is 33.7 Å². The van der Waals surface area contributed by atoms with Crippen molar-refractivity contribution in [2.45, 2.75) is 24.8 Å². The molecule has 140 valence electrons. The fourth-order valence-corrected chi connectivity index (χ4v) is 3.37. The van der Waals surface area contributed by atoms with Crippen LogP contribution in [0.4, 0.5) is 0 Å². The van der Waals surface area contributed by atoms with Gasteiger partial charge >= 0.3 is 0 Å². The second-order valence-corrected chi connectivity index (χ2v) is 7.78. The topological polar surface area (TPSA) is 59.2 Å². The number of hydrogen-bond acceptors (Lipinski definition) is 5. The van der Waals surface area contributed by atoms with E-state index in [4.69, 9.17) is 16.1 Å². The van der Waals surface area contributed by atoms with Gasteiger partial charge in [0, 0.05) is 34.7 Å². The van der Waals surface area contributed by atoms with Crippen LogP contribution in [-0.2, 0) is 11.3 Å². The van der Waals surface area contributed by atoms with Gasteiger partial charge in [0.15, 0.2) is 0 Å². The lowest BCUT2D eigenvalue weighted by Crippen LogP contribution is -2.26. The molecule has 0 aliphatic heterocycles. The first-order valence-electron chi connectivity index (χ1n) is 8.53. The van der Waals surface area contributed by atoms with E-state index in [1.807, 2.05) is 12.1 Å². The van der Waals surface area contributed by atoms with E-state index in [0.717, 1.165) is 11.3 Å². The van der Waals surface area contributed by atoms with Crippen molar-refractivity contribution < 1.29 is 9.32 Å². The van der Waals surface area contributed by atoms with Crippen LogP contribution in [0.5, 0.6) is 0 Å². The monoisotopic (exact) mass is 401 g/mol. The van der Waals surface area contributed by atoms with Gasteiger partial charge in [0.05, 0.1) is 6.54 Å². The Morgan fingerprint density at radius 1 is 1.15 bits per heavy atom. The van der Waals surface area contributed by atoms with Crippen LogP contribution in [0.3, 0.4) is 0 Å². The summed E-state index contributed by atoms with van der Waals surface area (Å²) in [6.07, 6.45) is 0.452. The van der Waals surface area contributed by atoms with Gasteiger partial charge in [-0.15, -0.1) is 11.8 Å². The normalized spacial score (nSPS) is 10.8. The van der Waals surface area contributed by atoms with Crippen LogP contribution in [0.15, 0.2) is 57.9 Å². The lowest BCUT2D eigenvalue weighted by atomic mass is 10.2. The summed E-state index contributed by atoms with van der Waals surface area (Å²) in [6.45, 7) is 2.34. The van der Waals surface area contributed by atoms with Crippen molar-refractivity contribution in [3.8, 4) is 11.4 Å². The molecule has 7 heteroatoms. The van der Waals surface area contributed by atoms with Gasteiger partial charge in [-0.2, -0.15) is 4.98 Å². The van der Waals surface area contributed by atoms with E-state index in [0.29, 0.717) is 23.2 Å². The Hall–Kier alpha value is -2.31. The van der Waals surface area contributed by atoms with Crippen molar-refractivity contribution in [2.75, 3.05) is 12.8 Å². The van der Waals surface area contributed by atoms with E-state index in [1.165, 1.54) is 10.5 Å². The lowest BCUT2D eigenvalue weighted by molar-refractivity contribution is -0.130. The number of thioether (sulfide) groups is 1. The molecule has 3 rings (SSSR count). The maximum absolute atomic E-state index is 12.3. The average Bonchev–Trinajstić information content (AvgIpc) is 3.12. The maximum atomic E-state index is 12.3. The van der Waals surface area contributed by atoms with E-state index < -0.39 is 0 Å². The fraction of sp³-hybridized carbons (Fsp3) is 0.250. The number of nitrogens with zero attached hydrogens (tertiary/aromatic N) is 3. The summed E-state index contributed by atoms with van der Waals surface area (Å²) < 4.78 is 5.26. The van der Waals surface area contributed by atoms with Crippen LogP contribution in [0, 0.1) is 6.92 Å². The third-order valence-electron chi connectivity index (χ3n) is 3.97. The highest BCUT2D eigenvalue weighted by atomic mass is 35.5. The minimum atomic E-state index is 0.0425. The van der Waals surface area contributed by atoms with E-state index in [9.17, 15) is 4.79 Å². The number of halogens is 1. The Morgan fingerprint density at radius 2 is 1.85 bits per heavy atom. The summed E-state index contributed by atoms with van der Waals surface area (Å²) in [5.74, 6) is 1.66. The van der Waals surface area contributed by atoms with E-state index >= 15 is 0 Å². The van der Waals surface area contributed by atoms with Crippen LogP contribution in [0.2, 0.25) is 5.02 Å². The molecule has 5 nitrogen and oxygen atoms in total. The minimum Gasteiger partial charge on any atom is -0.337 e. The van der Waals surface area contributed by atoms with Gasteiger partial charge in [0.25, 0.3) is 0 Å². The molecule has 0 spiro atoms. The number of aromatic nitrogens is 2. The zero-order chi connectivity index (χ0) is 19.2. The molecular formula is C20H20ClN3O2S. The van der Waals surface area contributed by atoms with Crippen LogP contribution < -0.4 is 0 Å². The van der Waals surface area contributed by atoms with Gasteiger partial charge < -0.3 is 9.42 Å². The molecule has 0 fully saturated rings. The largest absolute Gasteiger partial charge is 0.337 e. The summed E-state index contributed by atoms with van der Waals surface area (Å²) in [7, 11) is 1.74. The summed E-state index contributed by atoms with van der Waals surface area (Å²) >= 11 is 7.56. The summed E-state index contributed by atoms with van der Waals surface area (Å²) in [6, 6.07) is 15.5. The first kappa shape index (κ1) is 19.5. The standard InChI is InChI=1S/C20H20ClN3O2S/c1-14-3-9-17(10-4-14)27-12-11-19(25)24(2)13-18-22-20(23-26-18)15-5-7-16(21)8-6-15/h3-10H,11-13H2,1-2H3. The van der Waals surface area contributed by atoms with Crippen molar-refractivity contribution in [2.24, 2.45) is 0 Å². The van der Waals surface area contributed by atoms with Gasteiger partial charge in [0.1, 0.15) is 0 Å². The smallest absolute Gasteiger partial charge is 0.246 e. The van der Waals surface area contributed by atoms with Crippen molar-refractivity contribution in [3.63, 3.8) is 0 Å². The average molecular weight is 402 g/mol. The van der Waals surface area contributed by atoms with E-state index in [1.54, 1.807) is 35.8 Å². The molecule has 1 aromatic heterocycles. The molecule has 0 N–H and O–H groups in total. The molecule has 0 saturated heterocycles. The minimum absolute atomic E-state index is 0.0425. The molecule has 2 aromatic carbocycles. The fourth-order valence-electron chi connectivity index (χ4n) is 2.41. The van der Waals surface area contributed by atoms with Crippen molar-refractivity contribution in [3.05, 3.63) is 65.0 Å². The van der Waals surface area contributed by atoms with Crippen molar-refractivity contribution in [1.82, 2.24) is 15.0 Å². The summed E-state index contributed by atoms with van der Waals surface area (Å²) in [4.78, 5) is 19.4. The Labute approximate surface area is 167 Å². The van der Waals surface area contributed by atoms with Crippen molar-refractivity contribution >= 4 is 29.3 Å². The highest BCUT2D eigenvalue weighted by Crippen LogP contribution is 2.20. The van der Waals surface area contributed by atoms with Crippen LogP contribution in [0.25, 0.3) is 11.4 Å². The maximum Gasteiger partial charge on any atom is 0.246 e. The van der Waals surface area contributed by atoms with Crippen LogP contribution >= 0.6 is 23.4 Å². The highest BCUT2D eigenvalue weighted by molar-refractivity contribution is 7.99. The Morgan fingerprint density at radius 3 is 2.56 bits per heavy atom. The van der Waals surface area contributed by atoms with E-state index in [-0.39, 0.29) is 12.5 Å². The Kier molecular flexibility index (Phi) is 6.53. The number of hydrogen-bond donors (Lipinski definition) is 0. The second kappa shape index (κ2) is 9.06. The molecule has 0 aliphatic rings. The summed E-state index contributed by atoms with van der Waals surface area (Å²) in [5.41, 5.74) is 2.05. The zero-order valence-electron chi connectivity index (χ0n) is 15.2. The number of rotatable bonds is 7. The first-order chi connectivity index (χ1) is 13.0. The quantitative estimate of drug-likeness (QED) is 0.530. The SMILES string of the molecule is Cc1ccc(SCCC(=O)N(C)Cc2nc(-c3ccc(Cl)cc3)no2)cc1. The molecular weight excluding hydrogens is 382 g/mol. The molecule has 0 saturated carbocycles. The van der Waals surface area contributed by atoms with Gasteiger partial charge in [-0.05, 0) is 43.3 Å². The zero-order valence-corrected chi connectivity index (χ0v) is 16.8. The second-order valence-electron chi connectivity index (χ2n) is 6.18. The van der Waals surface area contributed by atoms with Crippen molar-refractivity contribution in [1.29, 1.82) is 0 Å². The molecule has 0 radical (unpaired) electrons. The first-order valence-corrected chi connectivity index (χ1v) is 9.89. The van der Waals surface area contributed by atoms with Gasteiger partial charge in [-0.25, -0.2) is 0 Å². The van der Waals surface area contributed by atoms with Crippen LogP contribution in [0.1, 0.15) is 17.9 Å². The molecule has 3 aromatic rings. The summed E-state index contributed by atoms with van der Waals surface area (Å²) in [5, 5.41) is 4.62. The van der Waals surface area contributed by atoms with E-state index in [2.05, 4.69) is 41.3 Å². The number of carbonyl (C=O) groups excluding carboxylic acids is 1. The molecule has 0 unspecified atom stereocenters. The Balaban J connectivity index is 1.49.